The number of carbonyl (C=O) groups is 1. The highest BCUT2D eigenvalue weighted by molar-refractivity contribution is 7.91. The van der Waals surface area contributed by atoms with Crippen LogP contribution in [0, 0.1) is 0 Å². The number of fused-ring (bicyclic) bond motifs is 2. The van der Waals surface area contributed by atoms with E-state index in [9.17, 15) is 9.35 Å². The molecule has 2 aliphatic rings. The van der Waals surface area contributed by atoms with Crippen LogP contribution >= 0.6 is 11.6 Å². The molecule has 2 heterocycles. The van der Waals surface area contributed by atoms with Gasteiger partial charge in [-0.2, -0.15) is 0 Å². The van der Waals surface area contributed by atoms with Crippen molar-refractivity contribution < 1.29 is 9.35 Å². The van der Waals surface area contributed by atoms with Crippen LogP contribution in [0.4, 0.5) is 5.69 Å². The quantitative estimate of drug-likeness (QED) is 0.519. The molecule has 1 saturated heterocycles. The second kappa shape index (κ2) is 9.59. The number of likely N-dealkylation sites (tertiary alicyclic amines) is 1. The maximum absolute atomic E-state index is 13.5. The maximum atomic E-state index is 13.5. The number of halogens is 1. The lowest BCUT2D eigenvalue weighted by Gasteiger charge is -2.29. The third-order valence-electron chi connectivity index (χ3n) is 5.97. The summed E-state index contributed by atoms with van der Waals surface area (Å²) in [5.74, 6) is 0.633. The molecule has 1 amide bonds. The molecule has 0 aromatic heterocycles. The van der Waals surface area contributed by atoms with Crippen molar-refractivity contribution in [2.45, 2.75) is 35.6 Å². The van der Waals surface area contributed by atoms with E-state index in [0.29, 0.717) is 27.7 Å². The van der Waals surface area contributed by atoms with Crippen molar-refractivity contribution in [1.29, 1.82) is 0 Å². The van der Waals surface area contributed by atoms with E-state index in [-0.39, 0.29) is 5.91 Å². The van der Waals surface area contributed by atoms with Gasteiger partial charge in [-0.25, -0.2) is 4.99 Å². The van der Waals surface area contributed by atoms with Gasteiger partial charge >= 0.3 is 0 Å². The third-order valence-corrected chi connectivity index (χ3v) is 7.71. The van der Waals surface area contributed by atoms with Crippen molar-refractivity contribution in [2.75, 3.05) is 13.1 Å². The van der Waals surface area contributed by atoms with Crippen LogP contribution in [-0.4, -0.2) is 34.3 Å². The summed E-state index contributed by atoms with van der Waals surface area (Å²) in [6, 6.07) is 20.4. The molecule has 0 spiro atoms. The molecule has 5 nitrogen and oxygen atoms in total. The first-order valence-electron chi connectivity index (χ1n) is 11.1. The molecule has 33 heavy (non-hydrogen) atoms. The maximum Gasteiger partial charge on any atom is 0.251 e. The summed E-state index contributed by atoms with van der Waals surface area (Å²) < 4.78 is 13.5. The summed E-state index contributed by atoms with van der Waals surface area (Å²) in [5.41, 5.74) is 2.90. The highest BCUT2D eigenvalue weighted by Crippen LogP contribution is 2.37. The molecule has 0 radical (unpaired) electrons. The average Bonchev–Trinajstić information content (AvgIpc) is 2.97. The van der Waals surface area contributed by atoms with Gasteiger partial charge in [0, 0.05) is 41.4 Å². The predicted molar refractivity (Wildman–Crippen MR) is 132 cm³/mol. The van der Waals surface area contributed by atoms with Crippen LogP contribution < -0.4 is 5.32 Å². The number of hydrogen-bond acceptors (Lipinski definition) is 4. The first-order chi connectivity index (χ1) is 16.1. The van der Waals surface area contributed by atoms with E-state index < -0.39 is 11.2 Å². The van der Waals surface area contributed by atoms with Crippen molar-refractivity contribution >= 4 is 40.2 Å². The van der Waals surface area contributed by atoms with E-state index in [0.717, 1.165) is 47.8 Å². The van der Waals surface area contributed by atoms with Gasteiger partial charge in [0.15, 0.2) is 9.79 Å². The number of nitrogens with one attached hydrogen (secondary N) is 1. The number of nitrogens with zero attached hydrogens (tertiary/aromatic N) is 2. The number of rotatable bonds is 3. The Bertz CT molecular complexity index is 1220. The molecule has 0 aliphatic carbocycles. The Balaban J connectivity index is 1.48. The molecule has 3 aromatic rings. The lowest BCUT2D eigenvalue weighted by molar-refractivity contribution is 0.0951. The minimum atomic E-state index is -1.38. The molecule has 0 saturated carbocycles. The molecule has 1 atom stereocenters. The van der Waals surface area contributed by atoms with Crippen molar-refractivity contribution in [3.05, 3.63) is 88.4 Å². The fourth-order valence-electron chi connectivity index (χ4n) is 4.29. The Labute approximate surface area is 201 Å². The molecule has 7 heteroatoms. The summed E-state index contributed by atoms with van der Waals surface area (Å²) in [7, 11) is 0. The third kappa shape index (κ3) is 4.64. The summed E-state index contributed by atoms with van der Waals surface area (Å²) >= 11 is 4.66. The molecule has 3 aromatic carbocycles. The molecule has 1 N–H and O–H groups in total. The number of hydrogen-bond donors (Lipinski definition) is 1. The molecule has 1 fully saturated rings. The summed E-state index contributed by atoms with van der Waals surface area (Å²) in [6.45, 7) is 2.22. The number of carbonyl (C=O) groups excluding carboxylic acids is 1. The van der Waals surface area contributed by atoms with Crippen LogP contribution in [0.1, 0.15) is 40.7 Å². The fraction of sp³-hybridized carbons (Fsp3) is 0.231. The van der Waals surface area contributed by atoms with Crippen molar-refractivity contribution in [3.8, 4) is 0 Å². The summed E-state index contributed by atoms with van der Waals surface area (Å²) in [5, 5.41) is 3.57. The van der Waals surface area contributed by atoms with E-state index in [1.54, 1.807) is 24.3 Å². The molecular formula is C26H24ClN3O2S. The second-order valence-electron chi connectivity index (χ2n) is 8.24. The van der Waals surface area contributed by atoms with Gasteiger partial charge in [0.05, 0.1) is 5.56 Å². The predicted octanol–water partition coefficient (Wildman–Crippen LogP) is 5.31. The van der Waals surface area contributed by atoms with E-state index in [1.165, 1.54) is 6.42 Å². The van der Waals surface area contributed by atoms with E-state index in [4.69, 9.17) is 16.6 Å². The van der Waals surface area contributed by atoms with Crippen LogP contribution in [-0.2, 0) is 17.7 Å². The fourth-order valence-corrected chi connectivity index (χ4v) is 5.78. The van der Waals surface area contributed by atoms with E-state index in [2.05, 4.69) is 10.2 Å². The first-order valence-corrected chi connectivity index (χ1v) is 12.6. The largest absolute Gasteiger partial charge is 0.606 e. The van der Waals surface area contributed by atoms with Gasteiger partial charge in [0.1, 0.15) is 11.5 Å². The Morgan fingerprint density at radius 3 is 2.64 bits per heavy atom. The molecule has 2 aliphatic heterocycles. The first kappa shape index (κ1) is 22.0. The minimum Gasteiger partial charge on any atom is -0.606 e. The summed E-state index contributed by atoms with van der Waals surface area (Å²) in [6.07, 6.45) is 3.44. The van der Waals surface area contributed by atoms with Gasteiger partial charge in [0.25, 0.3) is 5.91 Å². The SMILES string of the molecule is O=C(NCc1cccc(Cl)c1)c1ccc2c(c1)N=C(N1CCCCC1)c1ccccc1[S+]2[O-]. The van der Waals surface area contributed by atoms with Crippen LogP contribution in [0.2, 0.25) is 5.02 Å². The Morgan fingerprint density at radius 2 is 1.82 bits per heavy atom. The van der Waals surface area contributed by atoms with Gasteiger partial charge in [-0.1, -0.05) is 35.9 Å². The summed E-state index contributed by atoms with van der Waals surface area (Å²) in [4.78, 5) is 21.5. The van der Waals surface area contributed by atoms with Gasteiger partial charge in [-0.15, -0.1) is 0 Å². The Kier molecular flexibility index (Phi) is 6.40. The number of amides is 1. The molecule has 0 bridgehead atoms. The number of piperidine rings is 1. The molecule has 1 unspecified atom stereocenters. The van der Waals surface area contributed by atoms with Gasteiger partial charge in [-0.3, -0.25) is 4.79 Å². The van der Waals surface area contributed by atoms with Gasteiger partial charge < -0.3 is 14.8 Å². The monoisotopic (exact) mass is 477 g/mol. The van der Waals surface area contributed by atoms with Gasteiger partial charge in [-0.05, 0) is 67.3 Å². The average molecular weight is 478 g/mol. The van der Waals surface area contributed by atoms with E-state index >= 15 is 0 Å². The zero-order valence-electron chi connectivity index (χ0n) is 18.1. The van der Waals surface area contributed by atoms with Crippen molar-refractivity contribution in [2.24, 2.45) is 4.99 Å². The van der Waals surface area contributed by atoms with Crippen molar-refractivity contribution in [1.82, 2.24) is 10.2 Å². The minimum absolute atomic E-state index is 0.208. The standard InChI is InChI=1S/C26H24ClN3O2S/c27-20-8-6-7-18(15-20)17-28-26(31)19-11-12-24-22(16-19)29-25(30-13-4-1-5-14-30)21-9-2-3-10-23(21)33(24)32/h2-3,6-12,15-16H,1,4-5,13-14,17H2,(H,28,31). The second-order valence-corrected chi connectivity index (χ2v) is 10.1. The zero-order chi connectivity index (χ0) is 22.8. The van der Waals surface area contributed by atoms with Crippen molar-refractivity contribution in [3.63, 3.8) is 0 Å². The van der Waals surface area contributed by atoms with Crippen LogP contribution in [0.5, 0.6) is 0 Å². The highest BCUT2D eigenvalue weighted by Gasteiger charge is 2.31. The lowest BCUT2D eigenvalue weighted by atomic mass is 10.1. The Hall–Kier alpha value is -2.80. The number of amidine groups is 1. The molecule has 168 valence electrons. The van der Waals surface area contributed by atoms with Crippen LogP contribution in [0.15, 0.2) is 81.5 Å². The van der Waals surface area contributed by atoms with Crippen LogP contribution in [0.3, 0.4) is 0 Å². The molecular weight excluding hydrogens is 454 g/mol. The topological polar surface area (TPSA) is 67.8 Å². The van der Waals surface area contributed by atoms with E-state index in [1.807, 2.05) is 42.5 Å². The highest BCUT2D eigenvalue weighted by atomic mass is 35.5. The molecule has 5 rings (SSSR count). The smallest absolute Gasteiger partial charge is 0.251 e. The lowest BCUT2D eigenvalue weighted by Crippen LogP contribution is -2.36. The number of aliphatic imine (C=N–C) groups is 1. The number of benzene rings is 3. The van der Waals surface area contributed by atoms with Crippen LogP contribution in [0.25, 0.3) is 0 Å². The Morgan fingerprint density at radius 1 is 1.00 bits per heavy atom. The zero-order valence-corrected chi connectivity index (χ0v) is 19.7. The van der Waals surface area contributed by atoms with Gasteiger partial charge in [0.2, 0.25) is 0 Å². The normalized spacial score (nSPS) is 17.5.